The summed E-state index contributed by atoms with van der Waals surface area (Å²) >= 11 is 6.47. The predicted octanol–water partition coefficient (Wildman–Crippen LogP) is 3.91. The molecule has 0 saturated carbocycles. The highest BCUT2D eigenvalue weighted by Gasteiger charge is 2.24. The summed E-state index contributed by atoms with van der Waals surface area (Å²) in [4.78, 5) is 14.6. The highest BCUT2D eigenvalue weighted by molar-refractivity contribution is 6.31. The molecule has 8 heteroatoms. The first-order chi connectivity index (χ1) is 14.0. The van der Waals surface area contributed by atoms with Gasteiger partial charge in [0.15, 0.2) is 0 Å². The lowest BCUT2D eigenvalue weighted by atomic mass is 10.1. The maximum atomic E-state index is 13.2. The topological polar surface area (TPSA) is 71.2 Å². The second-order valence-corrected chi connectivity index (χ2v) is 7.15. The van der Waals surface area contributed by atoms with Crippen LogP contribution in [-0.4, -0.2) is 46.4 Å². The van der Waals surface area contributed by atoms with Crippen molar-refractivity contribution in [3.63, 3.8) is 0 Å². The van der Waals surface area contributed by atoms with E-state index in [2.05, 4.69) is 11.2 Å². The van der Waals surface area contributed by atoms with E-state index >= 15 is 0 Å². The van der Waals surface area contributed by atoms with E-state index in [-0.39, 0.29) is 24.2 Å². The Morgan fingerprint density at radius 3 is 2.76 bits per heavy atom. The summed E-state index contributed by atoms with van der Waals surface area (Å²) in [6, 6.07) is 8.00. The number of aromatic nitrogens is 2. The zero-order chi connectivity index (χ0) is 20.8. The molecular weight excluding hydrogens is 395 g/mol. The molecule has 0 unspecified atom stereocenters. The van der Waals surface area contributed by atoms with Crippen LogP contribution in [0.3, 0.4) is 0 Å². The molecule has 1 aromatic carbocycles. The van der Waals surface area contributed by atoms with Crippen molar-refractivity contribution in [1.29, 1.82) is 5.26 Å². The second-order valence-electron chi connectivity index (χ2n) is 6.79. The van der Waals surface area contributed by atoms with Gasteiger partial charge in [-0.3, -0.25) is 4.79 Å². The van der Waals surface area contributed by atoms with E-state index in [9.17, 15) is 9.18 Å². The molecule has 0 radical (unpaired) electrons. The average molecular weight is 417 g/mol. The number of hydrogen-bond donors (Lipinski definition) is 0. The molecule has 1 aromatic heterocycles. The van der Waals surface area contributed by atoms with Crippen LogP contribution in [0.15, 0.2) is 30.3 Å². The Kier molecular flexibility index (Phi) is 7.02. The Labute approximate surface area is 174 Å². The number of benzene rings is 1. The summed E-state index contributed by atoms with van der Waals surface area (Å²) < 4.78 is 20.1. The zero-order valence-corrected chi connectivity index (χ0v) is 16.9. The Morgan fingerprint density at radius 2 is 2.10 bits per heavy atom. The fraction of sp³-hybridized carbons (Fsp3) is 0.381. The number of carbonyl (C=O) groups excluding carboxylic acids is 1. The van der Waals surface area contributed by atoms with Crippen LogP contribution in [0.25, 0.3) is 11.8 Å². The third kappa shape index (κ3) is 5.03. The molecule has 0 N–H and O–H groups in total. The van der Waals surface area contributed by atoms with Crippen molar-refractivity contribution < 1.29 is 13.9 Å². The lowest BCUT2D eigenvalue weighted by molar-refractivity contribution is -0.130. The van der Waals surface area contributed by atoms with Crippen LogP contribution in [0, 0.1) is 24.1 Å². The summed E-state index contributed by atoms with van der Waals surface area (Å²) in [5.41, 5.74) is 1.90. The smallest absolute Gasteiger partial charge is 0.246 e. The number of amides is 1. The van der Waals surface area contributed by atoms with Gasteiger partial charge >= 0.3 is 0 Å². The quantitative estimate of drug-likeness (QED) is 0.669. The van der Waals surface area contributed by atoms with Crippen LogP contribution in [0.2, 0.25) is 5.15 Å². The minimum Gasteiger partial charge on any atom is -0.381 e. The Bertz CT molecular complexity index is 927. The molecule has 2 heterocycles. The van der Waals surface area contributed by atoms with Gasteiger partial charge in [-0.15, -0.1) is 0 Å². The van der Waals surface area contributed by atoms with Crippen molar-refractivity contribution in [2.45, 2.75) is 32.2 Å². The molecule has 1 saturated heterocycles. The molecule has 1 aliphatic rings. The minimum absolute atomic E-state index is 0.0627. The summed E-state index contributed by atoms with van der Waals surface area (Å²) in [6.07, 6.45) is 4.91. The number of nitriles is 1. The van der Waals surface area contributed by atoms with E-state index in [0.717, 1.165) is 12.8 Å². The van der Waals surface area contributed by atoms with E-state index in [0.29, 0.717) is 41.9 Å². The van der Waals surface area contributed by atoms with Crippen molar-refractivity contribution in [2.75, 3.05) is 19.8 Å². The van der Waals surface area contributed by atoms with E-state index in [4.69, 9.17) is 21.6 Å². The Hall–Kier alpha value is -2.69. The van der Waals surface area contributed by atoms with Crippen LogP contribution < -0.4 is 0 Å². The van der Waals surface area contributed by atoms with Crippen molar-refractivity contribution >= 4 is 23.6 Å². The summed E-state index contributed by atoms with van der Waals surface area (Å²) in [6.45, 7) is 3.40. The zero-order valence-electron chi connectivity index (χ0n) is 16.1. The van der Waals surface area contributed by atoms with Crippen molar-refractivity contribution in [2.24, 2.45) is 0 Å². The molecule has 2 aromatic rings. The molecule has 0 atom stereocenters. The normalized spacial score (nSPS) is 14.8. The van der Waals surface area contributed by atoms with E-state index in [1.165, 1.54) is 22.9 Å². The van der Waals surface area contributed by atoms with Gasteiger partial charge in [-0.2, -0.15) is 10.4 Å². The molecule has 0 spiro atoms. The molecule has 6 nitrogen and oxygen atoms in total. The first-order valence-electron chi connectivity index (χ1n) is 9.45. The summed E-state index contributed by atoms with van der Waals surface area (Å²) in [5, 5.41) is 13.7. The first kappa shape index (κ1) is 21.0. The van der Waals surface area contributed by atoms with Gasteiger partial charge in [-0.1, -0.05) is 11.6 Å². The molecule has 152 valence electrons. The van der Waals surface area contributed by atoms with Crippen LogP contribution in [-0.2, 0) is 9.53 Å². The van der Waals surface area contributed by atoms with Gasteiger partial charge in [-0.05, 0) is 50.1 Å². The fourth-order valence-corrected chi connectivity index (χ4v) is 3.68. The SMILES string of the molecule is Cc1nn(-c2ccc(F)cc2)c(Cl)c1/C=C/C(=O)N(CCC#N)C1CCOCC1. The van der Waals surface area contributed by atoms with Gasteiger partial charge in [0.1, 0.15) is 11.0 Å². The van der Waals surface area contributed by atoms with Gasteiger partial charge in [0.25, 0.3) is 0 Å². The molecule has 1 fully saturated rings. The number of hydrogen-bond acceptors (Lipinski definition) is 4. The van der Waals surface area contributed by atoms with Crippen molar-refractivity contribution in [1.82, 2.24) is 14.7 Å². The van der Waals surface area contributed by atoms with E-state index in [1.807, 2.05) is 0 Å². The van der Waals surface area contributed by atoms with E-state index in [1.54, 1.807) is 30.0 Å². The van der Waals surface area contributed by atoms with Crippen LogP contribution in [0.4, 0.5) is 4.39 Å². The van der Waals surface area contributed by atoms with Crippen molar-refractivity contribution in [3.05, 3.63) is 52.6 Å². The Morgan fingerprint density at radius 1 is 1.41 bits per heavy atom. The van der Waals surface area contributed by atoms with Gasteiger partial charge in [0, 0.05) is 37.4 Å². The highest BCUT2D eigenvalue weighted by Crippen LogP contribution is 2.25. The summed E-state index contributed by atoms with van der Waals surface area (Å²) in [5.74, 6) is -0.512. The largest absolute Gasteiger partial charge is 0.381 e. The first-order valence-corrected chi connectivity index (χ1v) is 9.83. The van der Waals surface area contributed by atoms with Crippen LogP contribution in [0.5, 0.6) is 0 Å². The van der Waals surface area contributed by atoms with Crippen LogP contribution in [0.1, 0.15) is 30.5 Å². The monoisotopic (exact) mass is 416 g/mol. The summed E-state index contributed by atoms with van der Waals surface area (Å²) in [7, 11) is 0. The Balaban J connectivity index is 1.81. The van der Waals surface area contributed by atoms with Gasteiger partial charge in [0.05, 0.1) is 23.9 Å². The molecule has 1 aliphatic heterocycles. The van der Waals surface area contributed by atoms with E-state index < -0.39 is 0 Å². The maximum Gasteiger partial charge on any atom is 0.246 e. The predicted molar refractivity (Wildman–Crippen MR) is 108 cm³/mol. The third-order valence-corrected chi connectivity index (χ3v) is 5.25. The van der Waals surface area contributed by atoms with Crippen molar-refractivity contribution in [3.8, 4) is 11.8 Å². The molecule has 0 aliphatic carbocycles. The minimum atomic E-state index is -0.343. The maximum absolute atomic E-state index is 13.2. The fourth-order valence-electron chi connectivity index (χ4n) is 3.34. The van der Waals surface area contributed by atoms with Gasteiger partial charge in [0.2, 0.25) is 5.91 Å². The second kappa shape index (κ2) is 9.68. The molecule has 29 heavy (non-hydrogen) atoms. The van der Waals surface area contributed by atoms with Gasteiger partial charge in [-0.25, -0.2) is 9.07 Å². The number of ether oxygens (including phenoxy) is 1. The molecule has 3 rings (SSSR count). The standard InChI is InChI=1S/C21H22ClFN4O2/c1-15-19(21(22)27(25-15)18-5-3-16(23)4-6-18)7-8-20(28)26(12-2-11-24)17-9-13-29-14-10-17/h3-8,17H,2,9-10,12-14H2,1H3/b8-7+. The number of nitrogens with zero attached hydrogens (tertiary/aromatic N) is 4. The number of rotatable bonds is 6. The molecule has 0 bridgehead atoms. The lowest BCUT2D eigenvalue weighted by Crippen LogP contribution is -2.43. The van der Waals surface area contributed by atoms with Crippen LogP contribution >= 0.6 is 11.6 Å². The number of aryl methyl sites for hydroxylation is 1. The third-order valence-electron chi connectivity index (χ3n) is 4.89. The number of halogens is 2. The molecular formula is C21H22ClFN4O2. The lowest BCUT2D eigenvalue weighted by Gasteiger charge is -2.33. The molecule has 1 amide bonds. The average Bonchev–Trinajstić information content (AvgIpc) is 3.01. The number of carbonyl (C=O) groups is 1. The highest BCUT2D eigenvalue weighted by atomic mass is 35.5. The van der Waals surface area contributed by atoms with Gasteiger partial charge < -0.3 is 9.64 Å².